The summed E-state index contributed by atoms with van der Waals surface area (Å²) >= 11 is 0. The van der Waals surface area contributed by atoms with E-state index in [1.54, 1.807) is 28.2 Å². The Balaban J connectivity index is 0. The van der Waals surface area contributed by atoms with Crippen LogP contribution in [0.25, 0.3) is 0 Å². The van der Waals surface area contributed by atoms with E-state index in [2.05, 4.69) is 0 Å². The molecule has 0 aromatic heterocycles. The van der Waals surface area contributed by atoms with Crippen LogP contribution in [0, 0.1) is 0 Å². The third-order valence-electron chi connectivity index (χ3n) is 0.765. The second kappa shape index (κ2) is 5.90. The first kappa shape index (κ1) is 14.9. The Kier molecular flexibility index (Phi) is 6.75. The standard InChI is InChI=1S/C5H12N2O.FH2O3P/c1-6(2)5(8)7(3)4;1-5(2,3)4/h1-4H3;(H2,2,3,4). The van der Waals surface area contributed by atoms with Crippen molar-refractivity contribution in [1.82, 2.24) is 9.80 Å². The normalized spacial score (nSPS) is 9.77. The van der Waals surface area contributed by atoms with Gasteiger partial charge in [0.1, 0.15) is 0 Å². The number of hydrogen-bond acceptors (Lipinski definition) is 2. The van der Waals surface area contributed by atoms with Gasteiger partial charge in [0.15, 0.2) is 0 Å². The molecule has 0 aliphatic carbocycles. The second-order valence-corrected chi connectivity index (χ2v) is 3.49. The van der Waals surface area contributed by atoms with Crippen LogP contribution in [0.4, 0.5) is 8.99 Å². The molecule has 0 rings (SSSR count). The van der Waals surface area contributed by atoms with Crippen LogP contribution in [0.1, 0.15) is 0 Å². The van der Waals surface area contributed by atoms with E-state index >= 15 is 0 Å². The molecule has 8 heteroatoms. The Hall–Kier alpha value is -0.650. The number of nitrogens with zero attached hydrogens (tertiary/aromatic N) is 2. The van der Waals surface area contributed by atoms with Gasteiger partial charge in [-0.3, -0.25) is 9.79 Å². The van der Waals surface area contributed by atoms with Gasteiger partial charge in [0, 0.05) is 28.2 Å². The molecule has 0 aromatic carbocycles. The zero-order valence-corrected chi connectivity index (χ0v) is 8.82. The SMILES string of the molecule is CN(C)C(=O)N(C)C.O=P(O)(O)F. The molecular weight excluding hydrogens is 202 g/mol. The highest BCUT2D eigenvalue weighted by Gasteiger charge is 2.04. The zero-order chi connectivity index (χ0) is 11.2. The van der Waals surface area contributed by atoms with Crippen LogP contribution in [0.3, 0.4) is 0 Å². The minimum Gasteiger partial charge on any atom is -0.331 e. The van der Waals surface area contributed by atoms with Crippen molar-refractivity contribution in [3.8, 4) is 0 Å². The van der Waals surface area contributed by atoms with Crippen molar-refractivity contribution in [3.63, 3.8) is 0 Å². The molecule has 0 spiro atoms. The van der Waals surface area contributed by atoms with Crippen molar-refractivity contribution in [2.24, 2.45) is 0 Å². The lowest BCUT2D eigenvalue weighted by molar-refractivity contribution is 0.191. The summed E-state index contributed by atoms with van der Waals surface area (Å²) < 4.78 is 19.0. The van der Waals surface area contributed by atoms with Crippen LogP contribution in [-0.2, 0) is 4.57 Å². The molecule has 13 heavy (non-hydrogen) atoms. The fourth-order valence-corrected chi connectivity index (χ4v) is 0.400. The lowest BCUT2D eigenvalue weighted by Gasteiger charge is -2.16. The van der Waals surface area contributed by atoms with E-state index < -0.39 is 7.91 Å². The van der Waals surface area contributed by atoms with Gasteiger partial charge in [-0.1, -0.05) is 0 Å². The fourth-order valence-electron chi connectivity index (χ4n) is 0.400. The smallest absolute Gasteiger partial charge is 0.331 e. The minimum absolute atomic E-state index is 0.0185. The van der Waals surface area contributed by atoms with Crippen LogP contribution in [0.2, 0.25) is 0 Å². The number of carbonyl (C=O) groups is 1. The number of rotatable bonds is 0. The van der Waals surface area contributed by atoms with Gasteiger partial charge in [-0.15, -0.1) is 4.20 Å². The molecule has 6 nitrogen and oxygen atoms in total. The van der Waals surface area contributed by atoms with Gasteiger partial charge >= 0.3 is 13.9 Å². The monoisotopic (exact) mass is 216 g/mol. The van der Waals surface area contributed by atoms with Crippen molar-refractivity contribution in [1.29, 1.82) is 0 Å². The molecule has 0 aliphatic rings. The van der Waals surface area contributed by atoms with Gasteiger partial charge in [0.05, 0.1) is 0 Å². The first-order valence-corrected chi connectivity index (χ1v) is 4.70. The van der Waals surface area contributed by atoms with E-state index in [1.165, 1.54) is 9.80 Å². The molecule has 0 saturated carbocycles. The average Bonchev–Trinajstić information content (AvgIpc) is 1.81. The molecule has 0 saturated heterocycles. The Bertz CT molecular complexity index is 184. The van der Waals surface area contributed by atoms with Crippen molar-refractivity contribution in [3.05, 3.63) is 0 Å². The largest absolute Gasteiger partial charge is 0.507 e. The summed E-state index contributed by atoms with van der Waals surface area (Å²) in [6, 6.07) is 0.0185. The van der Waals surface area contributed by atoms with E-state index in [0.717, 1.165) is 0 Å². The summed E-state index contributed by atoms with van der Waals surface area (Å²) in [5.41, 5.74) is 0. The summed E-state index contributed by atoms with van der Waals surface area (Å²) in [7, 11) is 1.76. The summed E-state index contributed by atoms with van der Waals surface area (Å²) in [6.45, 7) is 0. The number of amides is 2. The first-order valence-electron chi connectivity index (χ1n) is 3.19. The highest BCUT2D eigenvalue weighted by atomic mass is 31.2. The molecule has 0 bridgehead atoms. The van der Waals surface area contributed by atoms with Crippen LogP contribution in [-0.4, -0.2) is 53.8 Å². The Morgan fingerprint density at radius 2 is 1.31 bits per heavy atom. The van der Waals surface area contributed by atoms with E-state index in [0.29, 0.717) is 0 Å². The van der Waals surface area contributed by atoms with Crippen molar-refractivity contribution in [2.45, 2.75) is 0 Å². The first-order chi connectivity index (χ1) is 5.55. The maximum atomic E-state index is 10.7. The lowest BCUT2D eigenvalue weighted by atomic mass is 10.7. The second-order valence-electron chi connectivity index (χ2n) is 2.54. The quantitative estimate of drug-likeness (QED) is 0.570. The van der Waals surface area contributed by atoms with Crippen LogP contribution < -0.4 is 0 Å². The molecular formula is C5H14FN2O4P. The topological polar surface area (TPSA) is 81.1 Å². The van der Waals surface area contributed by atoms with E-state index in [-0.39, 0.29) is 6.03 Å². The average molecular weight is 216 g/mol. The lowest BCUT2D eigenvalue weighted by Crippen LogP contribution is -2.33. The molecule has 0 unspecified atom stereocenters. The predicted octanol–water partition coefficient (Wildman–Crippen LogP) is 0.278. The number of urea groups is 1. The van der Waals surface area contributed by atoms with Crippen LogP contribution in [0.15, 0.2) is 0 Å². The molecule has 80 valence electrons. The van der Waals surface area contributed by atoms with Crippen LogP contribution >= 0.6 is 7.91 Å². The van der Waals surface area contributed by atoms with Gasteiger partial charge < -0.3 is 9.80 Å². The van der Waals surface area contributed by atoms with Crippen molar-refractivity contribution < 1.29 is 23.3 Å². The van der Waals surface area contributed by atoms with Crippen molar-refractivity contribution in [2.75, 3.05) is 28.2 Å². The molecule has 0 radical (unpaired) electrons. The third kappa shape index (κ3) is 18.4. The molecule has 0 fully saturated rings. The molecule has 0 heterocycles. The van der Waals surface area contributed by atoms with Gasteiger partial charge in [-0.05, 0) is 0 Å². The van der Waals surface area contributed by atoms with E-state index in [4.69, 9.17) is 14.4 Å². The molecule has 2 amide bonds. The zero-order valence-electron chi connectivity index (χ0n) is 7.93. The summed E-state index contributed by atoms with van der Waals surface area (Å²) in [6.07, 6.45) is 0. The Morgan fingerprint density at radius 1 is 1.15 bits per heavy atom. The van der Waals surface area contributed by atoms with E-state index in [9.17, 15) is 8.99 Å². The molecule has 2 N–H and O–H groups in total. The summed E-state index contributed by atoms with van der Waals surface area (Å²) in [5, 5.41) is 0. The number of halogens is 1. The maximum absolute atomic E-state index is 10.7. The molecule has 0 atom stereocenters. The van der Waals surface area contributed by atoms with Crippen molar-refractivity contribution >= 4 is 13.9 Å². The van der Waals surface area contributed by atoms with Gasteiger partial charge in [-0.2, -0.15) is 0 Å². The highest BCUT2D eigenvalue weighted by molar-refractivity contribution is 7.45. The maximum Gasteiger partial charge on any atom is 0.507 e. The Labute approximate surface area is 76.2 Å². The van der Waals surface area contributed by atoms with E-state index in [1.807, 2.05) is 0 Å². The van der Waals surface area contributed by atoms with Crippen LogP contribution in [0.5, 0.6) is 0 Å². The number of carbonyl (C=O) groups excluding carboxylic acids is 1. The van der Waals surface area contributed by atoms with Gasteiger partial charge in [0.25, 0.3) is 0 Å². The number of hydrogen-bond donors (Lipinski definition) is 2. The Morgan fingerprint density at radius 3 is 1.31 bits per heavy atom. The minimum atomic E-state index is -5.14. The fraction of sp³-hybridized carbons (Fsp3) is 0.800. The third-order valence-corrected chi connectivity index (χ3v) is 0.765. The van der Waals surface area contributed by atoms with Gasteiger partial charge in [0.2, 0.25) is 0 Å². The predicted molar refractivity (Wildman–Crippen MR) is 45.9 cm³/mol. The highest BCUT2D eigenvalue weighted by Crippen LogP contribution is 2.34. The molecule has 0 aromatic rings. The molecule has 0 aliphatic heterocycles. The summed E-state index contributed by atoms with van der Waals surface area (Å²) in [4.78, 5) is 27.7. The van der Waals surface area contributed by atoms with Gasteiger partial charge in [-0.25, -0.2) is 9.36 Å². The summed E-state index contributed by atoms with van der Waals surface area (Å²) in [5.74, 6) is 0.